The van der Waals surface area contributed by atoms with Crippen LogP contribution in [-0.4, -0.2) is 29.7 Å². The van der Waals surface area contributed by atoms with Crippen molar-refractivity contribution in [1.82, 2.24) is 5.32 Å². The smallest absolute Gasteiger partial charge is 0.223 e. The van der Waals surface area contributed by atoms with Crippen molar-refractivity contribution in [3.63, 3.8) is 0 Å². The first-order valence-corrected chi connectivity index (χ1v) is 5.56. The summed E-state index contributed by atoms with van der Waals surface area (Å²) in [5, 5.41) is 11.8. The molecule has 0 aliphatic carbocycles. The van der Waals surface area contributed by atoms with Gasteiger partial charge in [0.1, 0.15) is 0 Å². The van der Waals surface area contributed by atoms with Crippen LogP contribution in [0.1, 0.15) is 40.0 Å². The summed E-state index contributed by atoms with van der Waals surface area (Å²) in [4.78, 5) is 11.7. The van der Waals surface area contributed by atoms with Crippen LogP contribution in [0.3, 0.4) is 0 Å². The lowest BCUT2D eigenvalue weighted by atomic mass is 9.98. The summed E-state index contributed by atoms with van der Waals surface area (Å²) in [5.41, 5.74) is 5.06. The molecule has 0 rings (SSSR count). The Morgan fingerprint density at radius 2 is 2.13 bits per heavy atom. The van der Waals surface area contributed by atoms with E-state index in [0.717, 1.165) is 12.8 Å². The fourth-order valence-corrected chi connectivity index (χ4v) is 1.35. The van der Waals surface area contributed by atoms with Crippen LogP contribution in [0.4, 0.5) is 0 Å². The van der Waals surface area contributed by atoms with E-state index in [2.05, 4.69) is 5.32 Å². The topological polar surface area (TPSA) is 75.4 Å². The molecule has 0 saturated heterocycles. The van der Waals surface area contributed by atoms with Crippen molar-refractivity contribution in [1.29, 1.82) is 0 Å². The number of carbonyl (C=O) groups excluding carboxylic acids is 1. The summed E-state index contributed by atoms with van der Waals surface area (Å²) in [6.45, 7) is 6.44. The molecule has 0 aromatic carbocycles. The van der Waals surface area contributed by atoms with Gasteiger partial charge in [0, 0.05) is 18.1 Å². The van der Waals surface area contributed by atoms with E-state index in [1.165, 1.54) is 0 Å². The van der Waals surface area contributed by atoms with Gasteiger partial charge in [0.15, 0.2) is 0 Å². The molecule has 0 radical (unpaired) electrons. The lowest BCUT2D eigenvalue weighted by Crippen LogP contribution is -2.46. The van der Waals surface area contributed by atoms with Crippen LogP contribution in [0.25, 0.3) is 0 Å². The Morgan fingerprint density at radius 3 is 2.60 bits per heavy atom. The van der Waals surface area contributed by atoms with E-state index < -0.39 is 0 Å². The molecule has 15 heavy (non-hydrogen) atoms. The van der Waals surface area contributed by atoms with Crippen LogP contribution in [0.15, 0.2) is 0 Å². The molecule has 0 aliphatic heterocycles. The van der Waals surface area contributed by atoms with Crippen LogP contribution in [0.5, 0.6) is 0 Å². The van der Waals surface area contributed by atoms with Gasteiger partial charge in [0.2, 0.25) is 5.91 Å². The number of aliphatic hydroxyl groups excluding tert-OH is 1. The van der Waals surface area contributed by atoms with Crippen molar-refractivity contribution in [3.05, 3.63) is 0 Å². The SMILES string of the molecule is CC(CCCN)C(=O)NC(C)(C)CCO. The minimum Gasteiger partial charge on any atom is -0.396 e. The second-order valence-electron chi connectivity index (χ2n) is 4.68. The average Bonchev–Trinajstić information content (AvgIpc) is 2.13. The van der Waals surface area contributed by atoms with E-state index in [1.807, 2.05) is 20.8 Å². The summed E-state index contributed by atoms with van der Waals surface area (Å²) in [5.74, 6) is 0.0356. The predicted molar refractivity (Wildman–Crippen MR) is 61.4 cm³/mol. The number of nitrogens with two attached hydrogens (primary N) is 1. The molecule has 0 bridgehead atoms. The van der Waals surface area contributed by atoms with Gasteiger partial charge < -0.3 is 16.2 Å². The first-order chi connectivity index (χ1) is 6.93. The highest BCUT2D eigenvalue weighted by atomic mass is 16.3. The van der Waals surface area contributed by atoms with E-state index in [4.69, 9.17) is 10.8 Å². The molecule has 0 saturated carbocycles. The molecule has 1 unspecified atom stereocenters. The van der Waals surface area contributed by atoms with Crippen molar-refractivity contribution >= 4 is 5.91 Å². The van der Waals surface area contributed by atoms with Gasteiger partial charge in [-0.3, -0.25) is 4.79 Å². The maximum Gasteiger partial charge on any atom is 0.223 e. The Bertz CT molecular complexity index is 193. The molecule has 90 valence electrons. The highest BCUT2D eigenvalue weighted by molar-refractivity contribution is 5.78. The van der Waals surface area contributed by atoms with Crippen molar-refractivity contribution in [2.24, 2.45) is 11.7 Å². The van der Waals surface area contributed by atoms with Gasteiger partial charge in [0.25, 0.3) is 0 Å². The molecule has 1 atom stereocenters. The third-order valence-electron chi connectivity index (χ3n) is 2.49. The van der Waals surface area contributed by atoms with Crippen molar-refractivity contribution in [3.8, 4) is 0 Å². The Balaban J connectivity index is 4.00. The first kappa shape index (κ1) is 14.4. The zero-order valence-electron chi connectivity index (χ0n) is 10.0. The maximum absolute atomic E-state index is 11.7. The predicted octanol–water partition coefficient (Wildman–Crippen LogP) is 0.639. The minimum atomic E-state index is -0.331. The molecule has 4 N–H and O–H groups in total. The van der Waals surface area contributed by atoms with Crippen molar-refractivity contribution in [2.75, 3.05) is 13.2 Å². The van der Waals surface area contributed by atoms with Crippen LogP contribution in [0, 0.1) is 5.92 Å². The molecule has 0 aromatic heterocycles. The number of amides is 1. The highest BCUT2D eigenvalue weighted by Gasteiger charge is 2.22. The van der Waals surface area contributed by atoms with E-state index in [-0.39, 0.29) is 24.0 Å². The number of carbonyl (C=O) groups is 1. The molecule has 0 spiro atoms. The Morgan fingerprint density at radius 1 is 1.53 bits per heavy atom. The Hall–Kier alpha value is -0.610. The van der Waals surface area contributed by atoms with E-state index in [9.17, 15) is 4.79 Å². The fourth-order valence-electron chi connectivity index (χ4n) is 1.35. The zero-order valence-corrected chi connectivity index (χ0v) is 10.0. The molecular formula is C11H24N2O2. The summed E-state index contributed by atoms with van der Waals surface area (Å²) in [6.07, 6.45) is 2.26. The molecule has 4 heteroatoms. The van der Waals surface area contributed by atoms with E-state index >= 15 is 0 Å². The van der Waals surface area contributed by atoms with Gasteiger partial charge in [-0.25, -0.2) is 0 Å². The quantitative estimate of drug-likeness (QED) is 0.584. The third-order valence-corrected chi connectivity index (χ3v) is 2.49. The second kappa shape index (κ2) is 6.80. The monoisotopic (exact) mass is 216 g/mol. The van der Waals surface area contributed by atoms with Gasteiger partial charge in [0.05, 0.1) is 0 Å². The molecule has 0 aliphatic rings. The number of rotatable bonds is 7. The van der Waals surface area contributed by atoms with Crippen LogP contribution < -0.4 is 11.1 Å². The van der Waals surface area contributed by atoms with Gasteiger partial charge in [-0.15, -0.1) is 0 Å². The molecular weight excluding hydrogens is 192 g/mol. The largest absolute Gasteiger partial charge is 0.396 e. The van der Waals surface area contributed by atoms with Gasteiger partial charge in [-0.1, -0.05) is 6.92 Å². The Kier molecular flexibility index (Phi) is 6.52. The molecule has 0 aromatic rings. The molecule has 1 amide bonds. The van der Waals surface area contributed by atoms with Crippen molar-refractivity contribution < 1.29 is 9.90 Å². The van der Waals surface area contributed by atoms with E-state index in [0.29, 0.717) is 13.0 Å². The zero-order chi connectivity index (χ0) is 11.9. The number of aliphatic hydroxyl groups is 1. The minimum absolute atomic E-state index is 0.00785. The van der Waals surface area contributed by atoms with Crippen molar-refractivity contribution in [2.45, 2.75) is 45.6 Å². The lowest BCUT2D eigenvalue weighted by molar-refractivity contribution is -0.126. The average molecular weight is 216 g/mol. The summed E-state index contributed by atoms with van der Waals surface area (Å²) in [6, 6.07) is 0. The normalized spacial score (nSPS) is 13.7. The summed E-state index contributed by atoms with van der Waals surface area (Å²) >= 11 is 0. The Labute approximate surface area is 92.2 Å². The standard InChI is InChI=1S/C11H24N2O2/c1-9(5-4-7-12)10(15)13-11(2,3)6-8-14/h9,14H,4-8,12H2,1-3H3,(H,13,15). The lowest BCUT2D eigenvalue weighted by Gasteiger charge is -2.27. The van der Waals surface area contributed by atoms with Crippen LogP contribution in [-0.2, 0) is 4.79 Å². The summed E-state index contributed by atoms with van der Waals surface area (Å²) < 4.78 is 0. The van der Waals surface area contributed by atoms with Gasteiger partial charge in [-0.2, -0.15) is 0 Å². The number of hydrogen-bond donors (Lipinski definition) is 3. The molecule has 0 heterocycles. The van der Waals surface area contributed by atoms with Crippen LogP contribution >= 0.6 is 0 Å². The maximum atomic E-state index is 11.7. The first-order valence-electron chi connectivity index (χ1n) is 5.56. The van der Waals surface area contributed by atoms with Crippen LogP contribution in [0.2, 0.25) is 0 Å². The third kappa shape index (κ3) is 6.47. The van der Waals surface area contributed by atoms with Gasteiger partial charge >= 0.3 is 0 Å². The molecule has 4 nitrogen and oxygen atoms in total. The fraction of sp³-hybridized carbons (Fsp3) is 0.909. The van der Waals surface area contributed by atoms with E-state index in [1.54, 1.807) is 0 Å². The number of hydrogen-bond acceptors (Lipinski definition) is 3. The van der Waals surface area contributed by atoms with Gasteiger partial charge in [-0.05, 0) is 39.7 Å². The molecule has 0 fully saturated rings. The number of nitrogens with one attached hydrogen (secondary N) is 1. The summed E-state index contributed by atoms with van der Waals surface area (Å²) in [7, 11) is 0. The second-order valence-corrected chi connectivity index (χ2v) is 4.68. The highest BCUT2D eigenvalue weighted by Crippen LogP contribution is 2.11.